The third-order valence-electron chi connectivity index (χ3n) is 4.66. The summed E-state index contributed by atoms with van der Waals surface area (Å²) in [7, 11) is 1.53. The van der Waals surface area contributed by atoms with Gasteiger partial charge in [-0.05, 0) is 37.1 Å². The SMILES string of the molecule is COCCNC(=O)/C(C#N)=c1\s/c(=C\c2cccc(C)c2)c(=O)n1-c1ccccc1C. The van der Waals surface area contributed by atoms with Gasteiger partial charge in [-0.3, -0.25) is 14.2 Å². The maximum Gasteiger partial charge on any atom is 0.273 e. The Bertz CT molecular complexity index is 1330. The highest BCUT2D eigenvalue weighted by atomic mass is 32.1. The van der Waals surface area contributed by atoms with Gasteiger partial charge >= 0.3 is 0 Å². The van der Waals surface area contributed by atoms with Crippen LogP contribution in [0.1, 0.15) is 16.7 Å². The van der Waals surface area contributed by atoms with Crippen molar-refractivity contribution in [2.24, 2.45) is 0 Å². The smallest absolute Gasteiger partial charge is 0.273 e. The average Bonchev–Trinajstić information content (AvgIpc) is 3.05. The number of hydrogen-bond donors (Lipinski definition) is 1. The zero-order chi connectivity index (χ0) is 22.4. The number of nitrogens with zero attached hydrogens (tertiary/aromatic N) is 2. The number of thiazole rings is 1. The van der Waals surface area contributed by atoms with E-state index in [0.717, 1.165) is 28.0 Å². The van der Waals surface area contributed by atoms with Crippen molar-refractivity contribution in [2.45, 2.75) is 13.8 Å². The minimum atomic E-state index is -0.537. The Kier molecular flexibility index (Phi) is 7.19. The molecule has 0 saturated heterocycles. The fraction of sp³-hybridized carbons (Fsp3) is 0.208. The number of nitriles is 1. The van der Waals surface area contributed by atoms with Gasteiger partial charge in [0.1, 0.15) is 10.7 Å². The van der Waals surface area contributed by atoms with E-state index in [1.54, 1.807) is 12.1 Å². The van der Waals surface area contributed by atoms with E-state index < -0.39 is 5.91 Å². The molecule has 1 N–H and O–H groups in total. The molecule has 0 fully saturated rings. The van der Waals surface area contributed by atoms with Crippen molar-refractivity contribution in [1.29, 1.82) is 5.26 Å². The normalized spacial score (nSPS) is 12.4. The molecule has 0 bridgehead atoms. The quantitative estimate of drug-likeness (QED) is 0.601. The van der Waals surface area contributed by atoms with Gasteiger partial charge in [0.25, 0.3) is 11.5 Å². The average molecular weight is 434 g/mol. The van der Waals surface area contributed by atoms with Gasteiger partial charge in [-0.2, -0.15) is 5.26 Å². The fourth-order valence-electron chi connectivity index (χ4n) is 3.15. The molecular formula is C24H23N3O3S. The summed E-state index contributed by atoms with van der Waals surface area (Å²) in [6.07, 6.45) is 1.79. The van der Waals surface area contributed by atoms with Crippen LogP contribution in [0.5, 0.6) is 0 Å². The van der Waals surface area contributed by atoms with Gasteiger partial charge in [0.05, 0.1) is 16.8 Å². The van der Waals surface area contributed by atoms with Gasteiger partial charge < -0.3 is 10.1 Å². The molecular weight excluding hydrogens is 410 g/mol. The number of methoxy groups -OCH3 is 1. The lowest BCUT2D eigenvalue weighted by Gasteiger charge is -2.07. The van der Waals surface area contributed by atoms with E-state index in [4.69, 9.17) is 4.74 Å². The number of rotatable bonds is 6. The van der Waals surface area contributed by atoms with E-state index in [1.165, 1.54) is 11.7 Å². The molecule has 0 aliphatic heterocycles. The van der Waals surface area contributed by atoms with Crippen molar-refractivity contribution < 1.29 is 9.53 Å². The second-order valence-corrected chi connectivity index (χ2v) is 8.02. The molecule has 1 aromatic heterocycles. The summed E-state index contributed by atoms with van der Waals surface area (Å²) in [5.74, 6) is -0.537. The molecule has 3 rings (SSSR count). The lowest BCUT2D eigenvalue weighted by molar-refractivity contribution is -0.115. The molecule has 0 radical (unpaired) electrons. The number of aryl methyl sites for hydroxylation is 2. The molecule has 0 aliphatic rings. The molecule has 1 heterocycles. The van der Waals surface area contributed by atoms with E-state index in [9.17, 15) is 14.9 Å². The number of amides is 1. The van der Waals surface area contributed by atoms with Gasteiger partial charge in [-0.25, -0.2) is 0 Å². The van der Waals surface area contributed by atoms with Crippen LogP contribution in [0, 0.1) is 25.2 Å². The zero-order valence-electron chi connectivity index (χ0n) is 17.6. The molecule has 158 valence electrons. The molecule has 0 atom stereocenters. The highest BCUT2D eigenvalue weighted by molar-refractivity contribution is 7.07. The first-order valence-electron chi connectivity index (χ1n) is 9.74. The van der Waals surface area contributed by atoms with Crippen LogP contribution >= 0.6 is 11.3 Å². The van der Waals surface area contributed by atoms with Crippen LogP contribution in [-0.4, -0.2) is 30.7 Å². The fourth-order valence-corrected chi connectivity index (χ4v) is 4.24. The lowest BCUT2D eigenvalue weighted by Crippen LogP contribution is -2.35. The minimum Gasteiger partial charge on any atom is -0.383 e. The predicted molar refractivity (Wildman–Crippen MR) is 123 cm³/mol. The van der Waals surface area contributed by atoms with Crippen molar-refractivity contribution in [3.8, 4) is 11.8 Å². The Balaban J connectivity index is 2.32. The van der Waals surface area contributed by atoms with Crippen LogP contribution in [0.2, 0.25) is 0 Å². The molecule has 0 spiro atoms. The van der Waals surface area contributed by atoms with E-state index in [1.807, 2.05) is 62.4 Å². The van der Waals surface area contributed by atoms with Crippen molar-refractivity contribution >= 4 is 28.9 Å². The monoisotopic (exact) mass is 433 g/mol. The topological polar surface area (TPSA) is 84.1 Å². The van der Waals surface area contributed by atoms with Crippen LogP contribution < -0.4 is 20.1 Å². The van der Waals surface area contributed by atoms with Crippen molar-refractivity contribution in [1.82, 2.24) is 9.88 Å². The second-order valence-electron chi connectivity index (χ2n) is 6.99. The molecule has 0 aliphatic carbocycles. The predicted octanol–water partition coefficient (Wildman–Crippen LogP) is 1.78. The molecule has 3 aromatic rings. The lowest BCUT2D eigenvalue weighted by atomic mass is 10.1. The first kappa shape index (κ1) is 22.2. The molecule has 6 nitrogen and oxygen atoms in total. The summed E-state index contributed by atoms with van der Waals surface area (Å²) >= 11 is 1.13. The molecule has 2 aromatic carbocycles. The standard InChI is InChI=1S/C24H23N3O3S/c1-16-7-6-9-18(13-16)14-21-23(29)27(20-10-5-4-8-17(20)2)24(31-21)19(15-25)22(28)26-11-12-30-3/h4-10,13-14H,11-12H2,1-3H3,(H,26,28)/b21-14-,24-19-. The van der Waals surface area contributed by atoms with Gasteiger partial charge in [0.15, 0.2) is 5.57 Å². The summed E-state index contributed by atoms with van der Waals surface area (Å²) in [5.41, 5.74) is 3.08. The molecule has 31 heavy (non-hydrogen) atoms. The van der Waals surface area contributed by atoms with Crippen LogP contribution in [0.4, 0.5) is 0 Å². The van der Waals surface area contributed by atoms with Crippen LogP contribution in [-0.2, 0) is 9.53 Å². The number of nitrogens with one attached hydrogen (secondary N) is 1. The first-order chi connectivity index (χ1) is 15.0. The first-order valence-corrected chi connectivity index (χ1v) is 10.6. The van der Waals surface area contributed by atoms with Crippen molar-refractivity contribution in [3.05, 3.63) is 84.8 Å². The number of hydrogen-bond acceptors (Lipinski definition) is 5. The molecule has 0 unspecified atom stereocenters. The zero-order valence-corrected chi connectivity index (χ0v) is 18.5. The number of para-hydroxylation sites is 1. The Hall–Kier alpha value is -3.47. The highest BCUT2D eigenvalue weighted by Gasteiger charge is 2.17. The maximum atomic E-state index is 13.4. The van der Waals surface area contributed by atoms with Crippen LogP contribution in [0.25, 0.3) is 17.3 Å². The van der Waals surface area contributed by atoms with E-state index in [-0.39, 0.29) is 17.7 Å². The van der Waals surface area contributed by atoms with Gasteiger partial charge in [0.2, 0.25) is 0 Å². The molecule has 0 saturated carbocycles. The summed E-state index contributed by atoms with van der Waals surface area (Å²) in [6.45, 7) is 4.46. The summed E-state index contributed by atoms with van der Waals surface area (Å²) in [6, 6.07) is 17.2. The summed E-state index contributed by atoms with van der Waals surface area (Å²) in [4.78, 5) is 26.1. The number of carbonyl (C=O) groups excluding carboxylic acids is 1. The van der Waals surface area contributed by atoms with E-state index in [0.29, 0.717) is 21.5 Å². The number of ether oxygens (including phenoxy) is 1. The van der Waals surface area contributed by atoms with E-state index >= 15 is 0 Å². The largest absolute Gasteiger partial charge is 0.383 e. The Morgan fingerprint density at radius 3 is 2.68 bits per heavy atom. The van der Waals surface area contributed by atoms with E-state index in [2.05, 4.69) is 5.32 Å². The molecule has 7 heteroatoms. The minimum absolute atomic E-state index is 0.106. The highest BCUT2D eigenvalue weighted by Crippen LogP contribution is 2.10. The number of benzene rings is 2. The third kappa shape index (κ3) is 5.00. The van der Waals surface area contributed by atoms with Crippen molar-refractivity contribution in [2.75, 3.05) is 20.3 Å². The number of carbonyl (C=O) groups is 1. The summed E-state index contributed by atoms with van der Waals surface area (Å²) < 4.78 is 7.16. The van der Waals surface area contributed by atoms with Crippen LogP contribution in [0.15, 0.2) is 53.3 Å². The Labute approximate surface area is 184 Å². The van der Waals surface area contributed by atoms with Crippen LogP contribution in [0.3, 0.4) is 0 Å². The third-order valence-corrected chi connectivity index (χ3v) is 5.76. The Morgan fingerprint density at radius 1 is 1.23 bits per heavy atom. The Morgan fingerprint density at radius 2 is 2.00 bits per heavy atom. The second kappa shape index (κ2) is 10.0. The van der Waals surface area contributed by atoms with Gasteiger partial charge in [0, 0.05) is 13.7 Å². The van der Waals surface area contributed by atoms with Crippen molar-refractivity contribution in [3.63, 3.8) is 0 Å². The van der Waals surface area contributed by atoms with Gasteiger partial charge in [-0.1, -0.05) is 48.0 Å². The number of aromatic nitrogens is 1. The van der Waals surface area contributed by atoms with Gasteiger partial charge in [-0.15, -0.1) is 11.3 Å². The molecule has 1 amide bonds. The summed E-state index contributed by atoms with van der Waals surface area (Å²) in [5, 5.41) is 12.4. The maximum absolute atomic E-state index is 13.4.